The molecule has 1 aliphatic rings. The molecule has 0 spiro atoms. The lowest BCUT2D eigenvalue weighted by atomic mass is 10.0. The highest BCUT2D eigenvalue weighted by Gasteiger charge is 2.12. The van der Waals surface area contributed by atoms with E-state index in [9.17, 15) is 0 Å². The summed E-state index contributed by atoms with van der Waals surface area (Å²) in [6.07, 6.45) is 4.62. The first kappa shape index (κ1) is 10.2. The molecule has 0 amide bonds. The smallest absolute Gasteiger partial charge is 0.0531 e. The van der Waals surface area contributed by atoms with E-state index in [1.54, 1.807) is 0 Å². The molecule has 1 rings (SSSR count). The van der Waals surface area contributed by atoms with Gasteiger partial charge in [-0.25, -0.2) is 0 Å². The molecule has 1 N–H and O–H groups in total. The van der Waals surface area contributed by atoms with Crippen molar-refractivity contribution in [2.45, 2.75) is 26.7 Å². The molecule has 2 heteroatoms. The SMILES string of the molecule is CCN(C)C1=C(NC)C=C(C)CC1. The van der Waals surface area contributed by atoms with Gasteiger partial charge >= 0.3 is 0 Å². The summed E-state index contributed by atoms with van der Waals surface area (Å²) in [5, 5.41) is 3.26. The standard InChI is InChI=1S/C11H20N2/c1-5-13(4)11-7-6-9(2)8-10(11)12-3/h8,12H,5-7H2,1-4H3. The number of nitrogens with one attached hydrogen (secondary N) is 1. The summed E-state index contributed by atoms with van der Waals surface area (Å²) in [5.74, 6) is 0. The van der Waals surface area contributed by atoms with Gasteiger partial charge in [-0.3, -0.25) is 0 Å². The van der Waals surface area contributed by atoms with Crippen LogP contribution in [0.4, 0.5) is 0 Å². The number of likely N-dealkylation sites (N-methyl/N-ethyl adjacent to an activating group) is 1. The van der Waals surface area contributed by atoms with E-state index in [1.807, 2.05) is 7.05 Å². The summed E-state index contributed by atoms with van der Waals surface area (Å²) in [4.78, 5) is 2.31. The van der Waals surface area contributed by atoms with E-state index in [1.165, 1.54) is 29.8 Å². The molecule has 74 valence electrons. The zero-order valence-electron chi connectivity index (χ0n) is 9.15. The number of hydrogen-bond donors (Lipinski definition) is 1. The third-order valence-electron chi connectivity index (χ3n) is 2.66. The first-order valence-electron chi connectivity index (χ1n) is 4.98. The van der Waals surface area contributed by atoms with Gasteiger partial charge in [-0.05, 0) is 32.8 Å². The van der Waals surface area contributed by atoms with Gasteiger partial charge in [0.1, 0.15) is 0 Å². The molecule has 0 aliphatic heterocycles. The van der Waals surface area contributed by atoms with Crippen molar-refractivity contribution >= 4 is 0 Å². The molecule has 0 aromatic rings. The van der Waals surface area contributed by atoms with Crippen LogP contribution in [-0.4, -0.2) is 25.5 Å². The van der Waals surface area contributed by atoms with Gasteiger partial charge in [0.05, 0.1) is 5.70 Å². The Morgan fingerprint density at radius 1 is 1.46 bits per heavy atom. The van der Waals surface area contributed by atoms with E-state index in [2.05, 4.69) is 37.2 Å². The summed E-state index contributed by atoms with van der Waals surface area (Å²) in [6.45, 7) is 5.46. The van der Waals surface area contributed by atoms with Crippen LogP contribution in [0.15, 0.2) is 23.0 Å². The maximum absolute atomic E-state index is 3.26. The highest BCUT2D eigenvalue weighted by Crippen LogP contribution is 2.23. The van der Waals surface area contributed by atoms with Crippen molar-refractivity contribution in [3.8, 4) is 0 Å². The molecule has 2 nitrogen and oxygen atoms in total. The Labute approximate surface area is 81.3 Å². The van der Waals surface area contributed by atoms with E-state index < -0.39 is 0 Å². The Balaban J connectivity index is 2.89. The molecule has 1 aliphatic carbocycles. The predicted octanol–water partition coefficient (Wildman–Crippen LogP) is 2.11. The minimum Gasteiger partial charge on any atom is -0.387 e. The largest absolute Gasteiger partial charge is 0.387 e. The van der Waals surface area contributed by atoms with E-state index in [0.717, 1.165) is 6.54 Å². The van der Waals surface area contributed by atoms with Gasteiger partial charge in [-0.1, -0.05) is 5.57 Å². The zero-order valence-corrected chi connectivity index (χ0v) is 9.15. The van der Waals surface area contributed by atoms with Crippen LogP contribution in [0.3, 0.4) is 0 Å². The van der Waals surface area contributed by atoms with E-state index in [4.69, 9.17) is 0 Å². The molecule has 13 heavy (non-hydrogen) atoms. The Kier molecular flexibility index (Phi) is 3.40. The molecule has 0 aromatic heterocycles. The monoisotopic (exact) mass is 180 g/mol. The van der Waals surface area contributed by atoms with Crippen LogP contribution in [0.1, 0.15) is 26.7 Å². The average Bonchev–Trinajstić information content (AvgIpc) is 2.16. The quantitative estimate of drug-likeness (QED) is 0.715. The lowest BCUT2D eigenvalue weighted by molar-refractivity contribution is 0.413. The summed E-state index contributed by atoms with van der Waals surface area (Å²) >= 11 is 0. The first-order chi connectivity index (χ1) is 6.19. The second-order valence-corrected chi connectivity index (χ2v) is 3.62. The highest BCUT2D eigenvalue weighted by molar-refractivity contribution is 5.30. The molecule has 0 saturated heterocycles. The fraction of sp³-hybridized carbons (Fsp3) is 0.636. The van der Waals surface area contributed by atoms with Gasteiger partial charge < -0.3 is 10.2 Å². The Morgan fingerprint density at radius 3 is 2.69 bits per heavy atom. The Morgan fingerprint density at radius 2 is 2.15 bits per heavy atom. The van der Waals surface area contributed by atoms with Crippen LogP contribution >= 0.6 is 0 Å². The van der Waals surface area contributed by atoms with Gasteiger partial charge in [0.2, 0.25) is 0 Å². The molecule has 0 unspecified atom stereocenters. The molecular formula is C11H20N2. The van der Waals surface area contributed by atoms with Crippen LogP contribution in [0, 0.1) is 0 Å². The summed E-state index contributed by atoms with van der Waals surface area (Å²) < 4.78 is 0. The average molecular weight is 180 g/mol. The van der Waals surface area contributed by atoms with Gasteiger partial charge in [-0.15, -0.1) is 0 Å². The van der Waals surface area contributed by atoms with Crippen LogP contribution in [-0.2, 0) is 0 Å². The number of hydrogen-bond acceptors (Lipinski definition) is 2. The van der Waals surface area contributed by atoms with Crippen LogP contribution < -0.4 is 5.32 Å². The molecule has 0 fully saturated rings. The van der Waals surface area contributed by atoms with Crippen LogP contribution in [0.2, 0.25) is 0 Å². The number of nitrogens with zero attached hydrogens (tertiary/aromatic N) is 1. The van der Waals surface area contributed by atoms with Crippen LogP contribution in [0.25, 0.3) is 0 Å². The van der Waals surface area contributed by atoms with Crippen molar-refractivity contribution in [1.82, 2.24) is 10.2 Å². The molecular weight excluding hydrogens is 160 g/mol. The first-order valence-corrected chi connectivity index (χ1v) is 4.98. The van der Waals surface area contributed by atoms with Crippen LogP contribution in [0.5, 0.6) is 0 Å². The molecule has 0 aromatic carbocycles. The Hall–Kier alpha value is -0.920. The zero-order chi connectivity index (χ0) is 9.84. The van der Waals surface area contributed by atoms with E-state index in [-0.39, 0.29) is 0 Å². The third-order valence-corrected chi connectivity index (χ3v) is 2.66. The Bertz CT molecular complexity index is 238. The van der Waals surface area contributed by atoms with E-state index >= 15 is 0 Å². The number of allylic oxidation sites excluding steroid dienone is 3. The van der Waals surface area contributed by atoms with Gasteiger partial charge in [0.25, 0.3) is 0 Å². The minimum atomic E-state index is 1.08. The summed E-state index contributed by atoms with van der Waals surface area (Å²) in [7, 11) is 4.15. The maximum atomic E-state index is 3.26. The third kappa shape index (κ3) is 2.27. The van der Waals surface area contributed by atoms with E-state index in [0.29, 0.717) is 0 Å². The minimum absolute atomic E-state index is 1.08. The highest BCUT2D eigenvalue weighted by atomic mass is 15.1. The summed E-state index contributed by atoms with van der Waals surface area (Å²) in [5.41, 5.74) is 4.20. The number of rotatable bonds is 3. The van der Waals surface area contributed by atoms with Crippen molar-refractivity contribution in [2.24, 2.45) is 0 Å². The van der Waals surface area contributed by atoms with Gasteiger partial charge in [0, 0.05) is 26.3 Å². The fourth-order valence-electron chi connectivity index (χ4n) is 1.66. The second-order valence-electron chi connectivity index (χ2n) is 3.62. The molecule has 0 heterocycles. The lowest BCUT2D eigenvalue weighted by Gasteiger charge is -2.26. The molecule has 0 saturated carbocycles. The normalized spacial score (nSPS) is 17.1. The maximum Gasteiger partial charge on any atom is 0.0531 e. The second kappa shape index (κ2) is 4.35. The van der Waals surface area contributed by atoms with Gasteiger partial charge in [0.15, 0.2) is 0 Å². The lowest BCUT2D eigenvalue weighted by Crippen LogP contribution is -2.24. The predicted molar refractivity (Wildman–Crippen MR) is 57.4 cm³/mol. The van der Waals surface area contributed by atoms with Crippen molar-refractivity contribution in [2.75, 3.05) is 20.6 Å². The van der Waals surface area contributed by atoms with Gasteiger partial charge in [-0.2, -0.15) is 0 Å². The molecule has 0 atom stereocenters. The fourth-order valence-corrected chi connectivity index (χ4v) is 1.66. The molecule has 0 bridgehead atoms. The van der Waals surface area contributed by atoms with Crippen molar-refractivity contribution in [1.29, 1.82) is 0 Å². The topological polar surface area (TPSA) is 15.3 Å². The van der Waals surface area contributed by atoms with Crippen molar-refractivity contribution in [3.05, 3.63) is 23.0 Å². The summed E-state index contributed by atoms with van der Waals surface area (Å²) in [6, 6.07) is 0. The van der Waals surface area contributed by atoms with Crippen molar-refractivity contribution in [3.63, 3.8) is 0 Å². The van der Waals surface area contributed by atoms with Crippen molar-refractivity contribution < 1.29 is 0 Å². The molecule has 0 radical (unpaired) electrons.